The van der Waals surface area contributed by atoms with Crippen LogP contribution in [0.25, 0.3) is 0 Å². The van der Waals surface area contributed by atoms with E-state index in [1.807, 2.05) is 0 Å². The summed E-state index contributed by atoms with van der Waals surface area (Å²) in [6, 6.07) is 6.61. The van der Waals surface area contributed by atoms with Gasteiger partial charge in [0, 0.05) is 19.8 Å². The zero-order chi connectivity index (χ0) is 10.7. The van der Waals surface area contributed by atoms with Crippen molar-refractivity contribution in [3.05, 3.63) is 29.8 Å². The van der Waals surface area contributed by atoms with Crippen molar-refractivity contribution in [3.8, 4) is 0 Å². The quantitative estimate of drug-likeness (QED) is 0.575. The summed E-state index contributed by atoms with van der Waals surface area (Å²) in [5, 5.41) is 8.57. The van der Waals surface area contributed by atoms with Crippen molar-refractivity contribution in [1.29, 1.82) is 0 Å². The summed E-state index contributed by atoms with van der Waals surface area (Å²) in [4.78, 5) is 23.5. The molecule has 0 aliphatic carbocycles. The third-order valence-corrected chi connectivity index (χ3v) is 1.82. The van der Waals surface area contributed by atoms with E-state index >= 15 is 0 Å². The zero-order valence-electron chi connectivity index (χ0n) is 8.02. The van der Waals surface area contributed by atoms with Gasteiger partial charge in [-0.3, -0.25) is 4.79 Å². The summed E-state index contributed by atoms with van der Waals surface area (Å²) in [7, 11) is 3.52. The first-order valence-corrected chi connectivity index (χ1v) is 4.08. The predicted octanol–water partition coefficient (Wildman–Crippen LogP) is 1.02. The molecule has 0 amide bonds. The van der Waals surface area contributed by atoms with Crippen LogP contribution in [0.1, 0.15) is 10.4 Å². The van der Waals surface area contributed by atoms with E-state index in [1.165, 1.54) is 6.07 Å². The maximum Gasteiger partial charge on any atom is 0.377 e. The molecule has 0 bridgehead atoms. The molecule has 74 valence electrons. The molecular weight excluding hydrogens is 182 g/mol. The molecule has 0 heterocycles. The van der Waals surface area contributed by atoms with Crippen molar-refractivity contribution in [2.75, 3.05) is 19.0 Å². The lowest BCUT2D eigenvalue weighted by molar-refractivity contribution is -0.131. The van der Waals surface area contributed by atoms with E-state index < -0.39 is 11.8 Å². The number of anilines is 1. The number of carboxylic acid groups (broad SMARTS) is 1. The number of hydrogen-bond acceptors (Lipinski definition) is 3. The first-order valence-electron chi connectivity index (χ1n) is 4.08. The largest absolute Gasteiger partial charge is 0.475 e. The third kappa shape index (κ3) is 1.90. The molecule has 0 spiro atoms. The molecule has 0 aliphatic heterocycles. The average Bonchev–Trinajstić information content (AvgIpc) is 2.16. The summed E-state index contributed by atoms with van der Waals surface area (Å²) in [5.41, 5.74) is 0.824. The topological polar surface area (TPSA) is 57.6 Å². The maximum absolute atomic E-state index is 11.2. The highest BCUT2D eigenvalue weighted by atomic mass is 16.4. The minimum Gasteiger partial charge on any atom is -0.475 e. The number of rotatable bonds is 3. The number of carboxylic acids is 1. The Hall–Kier alpha value is -1.84. The molecule has 1 rings (SSSR count). The molecule has 0 aromatic heterocycles. The second kappa shape index (κ2) is 3.91. The maximum atomic E-state index is 11.2. The Balaban J connectivity index is 3.20. The van der Waals surface area contributed by atoms with Crippen molar-refractivity contribution in [2.24, 2.45) is 0 Å². The van der Waals surface area contributed by atoms with Crippen LogP contribution in [-0.4, -0.2) is 31.0 Å². The zero-order valence-corrected chi connectivity index (χ0v) is 8.02. The van der Waals surface area contributed by atoms with Crippen LogP contribution in [0.4, 0.5) is 5.69 Å². The molecule has 4 heteroatoms. The van der Waals surface area contributed by atoms with Crippen LogP contribution in [0.15, 0.2) is 24.3 Å². The summed E-state index contributed by atoms with van der Waals surface area (Å²) in [5.74, 6) is -2.31. The number of benzene rings is 1. The second-order valence-corrected chi connectivity index (χ2v) is 3.05. The van der Waals surface area contributed by atoms with E-state index in [0.717, 1.165) is 0 Å². The smallest absolute Gasteiger partial charge is 0.377 e. The monoisotopic (exact) mass is 193 g/mol. The van der Waals surface area contributed by atoms with Crippen LogP contribution < -0.4 is 4.90 Å². The van der Waals surface area contributed by atoms with Gasteiger partial charge in [0.2, 0.25) is 0 Å². The van der Waals surface area contributed by atoms with Crippen molar-refractivity contribution >= 4 is 17.4 Å². The van der Waals surface area contributed by atoms with E-state index in [4.69, 9.17) is 5.11 Å². The summed E-state index contributed by atoms with van der Waals surface area (Å²) >= 11 is 0. The summed E-state index contributed by atoms with van der Waals surface area (Å²) in [6.45, 7) is 0. The molecule has 1 aromatic rings. The average molecular weight is 193 g/mol. The van der Waals surface area contributed by atoms with Gasteiger partial charge in [0.25, 0.3) is 5.78 Å². The standard InChI is InChI=1S/C10H11NO3/c1-11(2)8-6-4-3-5-7(8)9(12)10(13)14/h3-6H,1-2H3,(H,13,14). The van der Waals surface area contributed by atoms with Crippen LogP contribution >= 0.6 is 0 Å². The summed E-state index contributed by atoms with van der Waals surface area (Å²) in [6.07, 6.45) is 0. The molecule has 0 unspecified atom stereocenters. The van der Waals surface area contributed by atoms with Gasteiger partial charge in [-0.25, -0.2) is 4.79 Å². The number of carbonyl (C=O) groups excluding carboxylic acids is 1. The van der Waals surface area contributed by atoms with Crippen molar-refractivity contribution in [1.82, 2.24) is 0 Å². The molecule has 1 aromatic carbocycles. The highest BCUT2D eigenvalue weighted by molar-refractivity contribution is 6.41. The molecule has 14 heavy (non-hydrogen) atoms. The van der Waals surface area contributed by atoms with Gasteiger partial charge in [0.05, 0.1) is 5.56 Å². The highest BCUT2D eigenvalue weighted by Crippen LogP contribution is 2.18. The Morgan fingerprint density at radius 2 is 1.79 bits per heavy atom. The van der Waals surface area contributed by atoms with Crippen molar-refractivity contribution in [2.45, 2.75) is 0 Å². The van der Waals surface area contributed by atoms with Crippen molar-refractivity contribution < 1.29 is 14.7 Å². The lowest BCUT2D eigenvalue weighted by Gasteiger charge is -2.15. The van der Waals surface area contributed by atoms with E-state index in [1.54, 1.807) is 37.2 Å². The Labute approximate surface area is 81.8 Å². The molecule has 0 atom stereocenters. The normalized spacial score (nSPS) is 9.57. The minimum atomic E-state index is -1.43. The molecular formula is C10H11NO3. The molecule has 0 saturated heterocycles. The highest BCUT2D eigenvalue weighted by Gasteiger charge is 2.18. The SMILES string of the molecule is CN(C)c1ccccc1C(=O)C(=O)O. The number of nitrogens with zero attached hydrogens (tertiary/aromatic N) is 1. The number of Topliss-reactive ketones (excluding diaryl/α,β-unsaturated/α-hetero) is 1. The van der Waals surface area contributed by atoms with Gasteiger partial charge in [-0.2, -0.15) is 0 Å². The fourth-order valence-corrected chi connectivity index (χ4v) is 1.17. The fraction of sp³-hybridized carbons (Fsp3) is 0.200. The van der Waals surface area contributed by atoms with Crippen LogP contribution in [0.3, 0.4) is 0 Å². The van der Waals surface area contributed by atoms with Gasteiger partial charge in [-0.1, -0.05) is 12.1 Å². The Kier molecular flexibility index (Phi) is 2.86. The first-order chi connectivity index (χ1) is 6.54. The molecule has 0 radical (unpaired) electrons. The molecule has 0 saturated carbocycles. The van der Waals surface area contributed by atoms with Gasteiger partial charge < -0.3 is 10.0 Å². The predicted molar refractivity (Wildman–Crippen MR) is 52.7 cm³/mol. The number of para-hydroxylation sites is 1. The van der Waals surface area contributed by atoms with Gasteiger partial charge in [-0.05, 0) is 12.1 Å². The number of aliphatic carboxylic acids is 1. The molecule has 4 nitrogen and oxygen atoms in total. The van der Waals surface area contributed by atoms with E-state index in [0.29, 0.717) is 5.69 Å². The van der Waals surface area contributed by atoms with Crippen LogP contribution in [0, 0.1) is 0 Å². The van der Waals surface area contributed by atoms with Crippen LogP contribution in [0.5, 0.6) is 0 Å². The first kappa shape index (κ1) is 10.2. The third-order valence-electron chi connectivity index (χ3n) is 1.82. The lowest BCUT2D eigenvalue weighted by Crippen LogP contribution is -2.18. The molecule has 0 fully saturated rings. The van der Waals surface area contributed by atoms with Gasteiger partial charge in [-0.15, -0.1) is 0 Å². The lowest BCUT2D eigenvalue weighted by atomic mass is 10.1. The molecule has 0 aliphatic rings. The Bertz CT molecular complexity index is 371. The second-order valence-electron chi connectivity index (χ2n) is 3.05. The van der Waals surface area contributed by atoms with Gasteiger partial charge >= 0.3 is 5.97 Å². The van der Waals surface area contributed by atoms with Crippen LogP contribution in [0.2, 0.25) is 0 Å². The fourth-order valence-electron chi connectivity index (χ4n) is 1.17. The number of ketones is 1. The van der Waals surface area contributed by atoms with Crippen molar-refractivity contribution in [3.63, 3.8) is 0 Å². The number of carbonyl (C=O) groups is 2. The van der Waals surface area contributed by atoms with Gasteiger partial charge in [0.15, 0.2) is 0 Å². The van der Waals surface area contributed by atoms with Gasteiger partial charge in [0.1, 0.15) is 0 Å². The summed E-state index contributed by atoms with van der Waals surface area (Å²) < 4.78 is 0. The minimum absolute atomic E-state index is 0.213. The van der Waals surface area contributed by atoms with Crippen LogP contribution in [-0.2, 0) is 4.79 Å². The Morgan fingerprint density at radius 1 is 1.21 bits per heavy atom. The van der Waals surface area contributed by atoms with E-state index in [-0.39, 0.29) is 5.56 Å². The number of hydrogen-bond donors (Lipinski definition) is 1. The van der Waals surface area contributed by atoms with E-state index in [9.17, 15) is 9.59 Å². The van der Waals surface area contributed by atoms with E-state index in [2.05, 4.69) is 0 Å². The molecule has 1 N–H and O–H groups in total. The Morgan fingerprint density at radius 3 is 2.29 bits per heavy atom.